The van der Waals surface area contributed by atoms with E-state index in [-0.39, 0.29) is 18.8 Å². The number of alkyl halides is 2. The van der Waals surface area contributed by atoms with Crippen molar-refractivity contribution in [3.63, 3.8) is 0 Å². The fourth-order valence-electron chi connectivity index (χ4n) is 2.72. The number of halogens is 2. The zero-order valence-electron chi connectivity index (χ0n) is 14.1. The molecule has 1 aromatic carbocycles. The van der Waals surface area contributed by atoms with E-state index in [0.717, 1.165) is 5.69 Å². The van der Waals surface area contributed by atoms with Crippen LogP contribution in [-0.2, 0) is 9.53 Å². The minimum Gasteiger partial charge on any atom is -0.442 e. The van der Waals surface area contributed by atoms with Crippen molar-refractivity contribution in [1.29, 1.82) is 0 Å². The standard InChI is InChI=1S/C16H19Cl2N3O5S/c17-14(18)15(22)19-9-13-10-21(16(23)26-13)12-3-1-11(2-4-12)20-5-7-27(24,25)8-6-20/h1-5,7,13-14,24-25H,6,8-10H2,(H,19,22)/t13-/m0/s1. The molecule has 3 rings (SSSR count). The lowest BCUT2D eigenvalue weighted by molar-refractivity contribution is -0.119. The smallest absolute Gasteiger partial charge is 0.414 e. The van der Waals surface area contributed by atoms with Crippen LogP contribution in [0.15, 0.2) is 35.9 Å². The number of ether oxygens (including phenoxy) is 1. The molecule has 1 saturated heterocycles. The van der Waals surface area contributed by atoms with E-state index in [0.29, 0.717) is 12.2 Å². The predicted molar refractivity (Wildman–Crippen MR) is 107 cm³/mol. The Kier molecular flexibility index (Phi) is 6.07. The second kappa shape index (κ2) is 8.15. The maximum Gasteiger partial charge on any atom is 0.414 e. The number of amides is 2. The number of anilines is 2. The molecule has 148 valence electrons. The molecule has 1 atom stereocenters. The van der Waals surface area contributed by atoms with Crippen LogP contribution in [0.2, 0.25) is 0 Å². The summed E-state index contributed by atoms with van der Waals surface area (Å²) in [5.41, 5.74) is 1.53. The summed E-state index contributed by atoms with van der Waals surface area (Å²) in [5.74, 6) is -0.258. The number of cyclic esters (lactones) is 1. The Hall–Kier alpha value is -1.65. The van der Waals surface area contributed by atoms with Gasteiger partial charge in [0.25, 0.3) is 5.91 Å². The first-order valence-corrected chi connectivity index (χ1v) is 10.8. The molecule has 0 aliphatic carbocycles. The molecule has 2 heterocycles. The van der Waals surface area contributed by atoms with E-state index in [1.807, 2.05) is 17.0 Å². The van der Waals surface area contributed by atoms with Crippen molar-refractivity contribution in [3.05, 3.63) is 35.9 Å². The highest BCUT2D eigenvalue weighted by Gasteiger charge is 2.32. The first kappa shape index (κ1) is 20.1. The fourth-order valence-corrected chi connectivity index (χ4v) is 3.81. The lowest BCUT2D eigenvalue weighted by Gasteiger charge is -2.36. The average molecular weight is 436 g/mol. The zero-order valence-corrected chi connectivity index (χ0v) is 16.5. The summed E-state index contributed by atoms with van der Waals surface area (Å²) in [5, 5.41) is 3.93. The quantitative estimate of drug-likeness (QED) is 0.614. The summed E-state index contributed by atoms with van der Waals surface area (Å²) in [6.45, 7) is 0.909. The molecule has 2 aliphatic heterocycles. The summed E-state index contributed by atoms with van der Waals surface area (Å²) in [6, 6.07) is 7.24. The minimum atomic E-state index is -2.61. The topological polar surface area (TPSA) is 102 Å². The molecular weight excluding hydrogens is 417 g/mol. The number of nitrogens with zero attached hydrogens (tertiary/aromatic N) is 2. The fraction of sp³-hybridized carbons (Fsp3) is 0.375. The van der Waals surface area contributed by atoms with Crippen molar-refractivity contribution in [2.45, 2.75) is 10.9 Å². The van der Waals surface area contributed by atoms with E-state index in [1.54, 1.807) is 18.3 Å². The van der Waals surface area contributed by atoms with Gasteiger partial charge < -0.3 is 15.0 Å². The van der Waals surface area contributed by atoms with Gasteiger partial charge in [0.05, 0.1) is 18.8 Å². The van der Waals surface area contributed by atoms with E-state index in [4.69, 9.17) is 27.9 Å². The molecule has 8 nitrogen and oxygen atoms in total. The zero-order chi connectivity index (χ0) is 19.6. The van der Waals surface area contributed by atoms with Crippen LogP contribution in [0.4, 0.5) is 16.2 Å². The third kappa shape index (κ3) is 4.99. The van der Waals surface area contributed by atoms with Gasteiger partial charge in [0.15, 0.2) is 4.84 Å². The SMILES string of the molecule is O=C(NC[C@H]1CN(c2ccc(N3C=CS(O)(O)CC3)cc2)C(=O)O1)C(Cl)Cl. The van der Waals surface area contributed by atoms with E-state index >= 15 is 0 Å². The molecule has 0 radical (unpaired) electrons. The highest BCUT2D eigenvalue weighted by molar-refractivity contribution is 8.26. The summed E-state index contributed by atoms with van der Waals surface area (Å²) in [7, 11) is -2.61. The van der Waals surface area contributed by atoms with Crippen LogP contribution < -0.4 is 15.1 Å². The van der Waals surface area contributed by atoms with E-state index in [9.17, 15) is 18.7 Å². The molecule has 1 aromatic rings. The highest BCUT2D eigenvalue weighted by Crippen LogP contribution is 2.43. The third-order valence-corrected chi connectivity index (χ3v) is 5.90. The molecule has 27 heavy (non-hydrogen) atoms. The molecule has 1 fully saturated rings. The molecular formula is C16H19Cl2N3O5S. The van der Waals surface area contributed by atoms with Gasteiger partial charge in [-0.1, -0.05) is 23.2 Å². The van der Waals surface area contributed by atoms with Crippen LogP contribution >= 0.6 is 33.8 Å². The monoisotopic (exact) mass is 435 g/mol. The largest absolute Gasteiger partial charge is 0.442 e. The van der Waals surface area contributed by atoms with Crippen LogP contribution in [0.3, 0.4) is 0 Å². The third-order valence-electron chi connectivity index (χ3n) is 4.16. The van der Waals surface area contributed by atoms with Gasteiger partial charge in [-0.3, -0.25) is 18.8 Å². The second-order valence-corrected chi connectivity index (χ2v) is 9.29. The van der Waals surface area contributed by atoms with Crippen molar-refractivity contribution in [2.75, 3.05) is 35.2 Å². The van der Waals surface area contributed by atoms with Crippen LogP contribution in [0.25, 0.3) is 0 Å². The highest BCUT2D eigenvalue weighted by atomic mass is 35.5. The van der Waals surface area contributed by atoms with Crippen molar-refractivity contribution in [2.24, 2.45) is 0 Å². The Morgan fingerprint density at radius 1 is 1.30 bits per heavy atom. The molecule has 0 bridgehead atoms. The normalized spacial score (nSPS) is 22.7. The first-order chi connectivity index (χ1) is 12.7. The summed E-state index contributed by atoms with van der Waals surface area (Å²) in [6.07, 6.45) is 0.656. The van der Waals surface area contributed by atoms with Gasteiger partial charge in [-0.15, -0.1) is 0 Å². The minimum absolute atomic E-state index is 0.125. The van der Waals surface area contributed by atoms with Gasteiger partial charge in [-0.2, -0.15) is 10.6 Å². The van der Waals surface area contributed by atoms with Crippen molar-refractivity contribution in [3.8, 4) is 0 Å². The van der Waals surface area contributed by atoms with Crippen molar-refractivity contribution >= 4 is 57.2 Å². The van der Waals surface area contributed by atoms with Gasteiger partial charge in [-0.05, 0) is 24.3 Å². The molecule has 0 aromatic heterocycles. The molecule has 0 saturated carbocycles. The molecule has 3 N–H and O–H groups in total. The van der Waals surface area contributed by atoms with Crippen molar-refractivity contribution in [1.82, 2.24) is 5.32 Å². The molecule has 11 heteroatoms. The predicted octanol–water partition coefficient (Wildman–Crippen LogP) is 2.97. The van der Waals surface area contributed by atoms with Gasteiger partial charge in [0, 0.05) is 29.5 Å². The lowest BCUT2D eigenvalue weighted by Crippen LogP contribution is -2.37. The molecule has 2 amide bonds. The van der Waals surface area contributed by atoms with Gasteiger partial charge in [0.1, 0.15) is 6.10 Å². The van der Waals surface area contributed by atoms with E-state index in [2.05, 4.69) is 5.32 Å². The Morgan fingerprint density at radius 3 is 2.56 bits per heavy atom. The van der Waals surface area contributed by atoms with Gasteiger partial charge in [-0.25, -0.2) is 4.79 Å². The van der Waals surface area contributed by atoms with Gasteiger partial charge in [0.2, 0.25) is 0 Å². The van der Waals surface area contributed by atoms with E-state index in [1.165, 1.54) is 10.3 Å². The lowest BCUT2D eigenvalue weighted by atomic mass is 10.2. The summed E-state index contributed by atoms with van der Waals surface area (Å²) >= 11 is 10.9. The number of hydrogen-bond acceptors (Lipinski definition) is 6. The maximum absolute atomic E-state index is 12.1. The maximum atomic E-state index is 12.1. The number of hydrogen-bond donors (Lipinski definition) is 3. The van der Waals surface area contributed by atoms with E-state index < -0.39 is 33.5 Å². The Bertz CT molecular complexity index is 744. The van der Waals surface area contributed by atoms with Crippen LogP contribution in [-0.4, -0.2) is 57.4 Å². The van der Waals surface area contributed by atoms with Crippen LogP contribution in [0.1, 0.15) is 0 Å². The number of rotatable bonds is 5. The van der Waals surface area contributed by atoms with Crippen LogP contribution in [0.5, 0.6) is 0 Å². The summed E-state index contributed by atoms with van der Waals surface area (Å²) < 4.78 is 24.5. The van der Waals surface area contributed by atoms with Gasteiger partial charge >= 0.3 is 6.09 Å². The number of carbonyl (C=O) groups excluding carboxylic acids is 2. The number of benzene rings is 1. The summed E-state index contributed by atoms with van der Waals surface area (Å²) in [4.78, 5) is 25.7. The molecule has 2 aliphatic rings. The second-order valence-electron chi connectivity index (χ2n) is 6.08. The Labute approximate surface area is 168 Å². The molecule has 0 spiro atoms. The Balaban J connectivity index is 1.60. The average Bonchev–Trinajstić information content (AvgIpc) is 3.00. The van der Waals surface area contributed by atoms with Crippen molar-refractivity contribution < 1.29 is 23.4 Å². The van der Waals surface area contributed by atoms with Crippen LogP contribution in [0, 0.1) is 0 Å². The Morgan fingerprint density at radius 2 is 1.96 bits per heavy atom. The number of nitrogens with one attached hydrogen (secondary N) is 1. The number of carbonyl (C=O) groups is 2. The molecule has 0 unspecified atom stereocenters. The first-order valence-electron chi connectivity index (χ1n) is 8.10.